The molecule has 1 saturated heterocycles. The minimum absolute atomic E-state index is 0.169. The number of β-amino-alcohol motifs (C(OH)–C–C–N with tert-alkyl or cyclic N) is 1. The van der Waals surface area contributed by atoms with Crippen LogP contribution in [0.4, 0.5) is 10.1 Å². The molecule has 4 nitrogen and oxygen atoms in total. The number of aliphatic hydroxyl groups is 1. The Labute approximate surface area is 159 Å². The smallest absolute Gasteiger partial charge is 0.146 e. The van der Waals surface area contributed by atoms with Gasteiger partial charge >= 0.3 is 0 Å². The van der Waals surface area contributed by atoms with Crippen LogP contribution in [0, 0.1) is 12.7 Å². The number of hydrogen-bond donors (Lipinski definition) is 1. The van der Waals surface area contributed by atoms with Crippen LogP contribution in [-0.2, 0) is 7.05 Å². The minimum atomic E-state index is -0.531. The lowest BCUT2D eigenvalue weighted by atomic mass is 10.0. The summed E-state index contributed by atoms with van der Waals surface area (Å²) in [4.78, 5) is 4.35. The fourth-order valence-corrected chi connectivity index (χ4v) is 4.19. The van der Waals surface area contributed by atoms with Crippen molar-refractivity contribution in [3.05, 3.63) is 65.6 Å². The number of aryl methyl sites for hydroxylation is 1. The highest BCUT2D eigenvalue weighted by Gasteiger charge is 2.24. The van der Waals surface area contributed by atoms with Gasteiger partial charge < -0.3 is 14.6 Å². The summed E-state index contributed by atoms with van der Waals surface area (Å²) >= 11 is 0. The van der Waals surface area contributed by atoms with E-state index in [0.717, 1.165) is 48.3 Å². The first-order valence-corrected chi connectivity index (χ1v) is 9.50. The number of rotatable bonds is 4. The minimum Gasteiger partial charge on any atom is -0.387 e. The van der Waals surface area contributed by atoms with Gasteiger partial charge in [0.25, 0.3) is 0 Å². The van der Waals surface area contributed by atoms with E-state index in [-0.39, 0.29) is 5.82 Å². The van der Waals surface area contributed by atoms with Crippen LogP contribution in [0.3, 0.4) is 0 Å². The summed E-state index contributed by atoms with van der Waals surface area (Å²) in [5.41, 5.74) is 3.94. The Kier molecular flexibility index (Phi) is 4.89. The van der Waals surface area contributed by atoms with Gasteiger partial charge in [-0.2, -0.15) is 0 Å². The lowest BCUT2D eigenvalue weighted by Gasteiger charge is -2.37. The van der Waals surface area contributed by atoms with E-state index in [2.05, 4.69) is 33.4 Å². The van der Waals surface area contributed by atoms with Crippen molar-refractivity contribution in [2.75, 3.05) is 37.6 Å². The summed E-state index contributed by atoms with van der Waals surface area (Å²) in [6, 6.07) is 15.2. The second-order valence-electron chi connectivity index (χ2n) is 7.33. The van der Waals surface area contributed by atoms with E-state index in [1.54, 1.807) is 6.07 Å². The Bertz CT molecular complexity index is 944. The fourth-order valence-electron chi connectivity index (χ4n) is 4.19. The molecule has 1 atom stereocenters. The number of halogens is 1. The molecule has 4 rings (SSSR count). The molecule has 0 amide bonds. The highest BCUT2D eigenvalue weighted by Crippen LogP contribution is 2.31. The van der Waals surface area contributed by atoms with Gasteiger partial charge in [0.15, 0.2) is 0 Å². The molecule has 1 aliphatic rings. The second kappa shape index (κ2) is 7.33. The van der Waals surface area contributed by atoms with Crippen molar-refractivity contribution in [1.82, 2.24) is 9.47 Å². The van der Waals surface area contributed by atoms with Crippen molar-refractivity contribution in [3.63, 3.8) is 0 Å². The molecule has 2 heterocycles. The van der Waals surface area contributed by atoms with Crippen LogP contribution in [0.1, 0.15) is 17.4 Å². The highest BCUT2D eigenvalue weighted by molar-refractivity contribution is 5.85. The normalized spacial score (nSPS) is 16.8. The Morgan fingerprint density at radius 2 is 1.67 bits per heavy atom. The zero-order valence-corrected chi connectivity index (χ0v) is 15.9. The molecule has 1 aromatic heterocycles. The number of hydrogen-bond acceptors (Lipinski definition) is 3. The average Bonchev–Trinajstić information content (AvgIpc) is 2.94. The van der Waals surface area contributed by atoms with Crippen LogP contribution in [0.5, 0.6) is 0 Å². The van der Waals surface area contributed by atoms with Crippen molar-refractivity contribution >= 4 is 16.6 Å². The third kappa shape index (κ3) is 3.33. The van der Waals surface area contributed by atoms with Crippen molar-refractivity contribution in [3.8, 4) is 0 Å². The van der Waals surface area contributed by atoms with E-state index in [1.165, 1.54) is 6.07 Å². The molecule has 0 bridgehead atoms. The molecule has 0 spiro atoms. The first-order chi connectivity index (χ1) is 13.1. The fraction of sp³-hybridized carbons (Fsp3) is 0.364. The molecule has 142 valence electrons. The molecule has 1 fully saturated rings. The van der Waals surface area contributed by atoms with E-state index in [0.29, 0.717) is 12.2 Å². The van der Waals surface area contributed by atoms with Gasteiger partial charge in [-0.1, -0.05) is 30.3 Å². The third-order valence-electron chi connectivity index (χ3n) is 5.78. The molecule has 0 radical (unpaired) electrons. The highest BCUT2D eigenvalue weighted by atomic mass is 19.1. The summed E-state index contributed by atoms with van der Waals surface area (Å²) in [5, 5.41) is 12.1. The summed E-state index contributed by atoms with van der Waals surface area (Å²) in [6.45, 7) is 5.82. The van der Waals surface area contributed by atoms with Crippen LogP contribution in [0.15, 0.2) is 48.5 Å². The Morgan fingerprint density at radius 3 is 2.41 bits per heavy atom. The molecular formula is C22H26FN3O. The summed E-state index contributed by atoms with van der Waals surface area (Å²) in [5.74, 6) is -0.169. The monoisotopic (exact) mass is 367 g/mol. The maximum absolute atomic E-state index is 14.0. The molecule has 27 heavy (non-hydrogen) atoms. The SMILES string of the molecule is Cc1c([C@@H](O)CN2CCN(c3ccccc3F)CC2)c2ccccc2n1C. The van der Waals surface area contributed by atoms with E-state index in [4.69, 9.17) is 0 Å². The van der Waals surface area contributed by atoms with Gasteiger partial charge in [0.2, 0.25) is 0 Å². The Hall–Kier alpha value is -2.37. The number of aliphatic hydroxyl groups excluding tert-OH is 1. The lowest BCUT2D eigenvalue weighted by molar-refractivity contribution is 0.110. The first-order valence-electron chi connectivity index (χ1n) is 9.50. The van der Waals surface area contributed by atoms with Gasteiger partial charge in [-0.15, -0.1) is 0 Å². The van der Waals surface area contributed by atoms with Crippen LogP contribution in [0.25, 0.3) is 10.9 Å². The molecular weight excluding hydrogens is 341 g/mol. The van der Waals surface area contributed by atoms with E-state index < -0.39 is 6.10 Å². The molecule has 0 aliphatic carbocycles. The predicted molar refractivity (Wildman–Crippen MR) is 108 cm³/mol. The molecule has 3 aromatic rings. The molecule has 1 aliphatic heterocycles. The van der Waals surface area contributed by atoms with Gasteiger partial charge in [0.05, 0.1) is 11.8 Å². The number of aromatic nitrogens is 1. The number of piperazine rings is 1. The van der Waals surface area contributed by atoms with Crippen LogP contribution in [-0.4, -0.2) is 47.3 Å². The summed E-state index contributed by atoms with van der Waals surface area (Å²) in [7, 11) is 2.04. The molecule has 0 saturated carbocycles. The molecule has 5 heteroatoms. The molecule has 1 N–H and O–H groups in total. The average molecular weight is 367 g/mol. The zero-order chi connectivity index (χ0) is 19.0. The number of fused-ring (bicyclic) bond motifs is 1. The van der Waals surface area contributed by atoms with E-state index >= 15 is 0 Å². The standard InChI is InChI=1S/C22H26FN3O/c1-16-22(17-7-3-5-9-19(17)24(16)2)21(27)15-25-11-13-26(14-12-25)20-10-6-4-8-18(20)23/h3-10,21,27H,11-15H2,1-2H3/t21-/m0/s1. The Morgan fingerprint density at radius 1 is 1.00 bits per heavy atom. The number of para-hydroxylation sites is 2. The van der Waals surface area contributed by atoms with Crippen LogP contribution < -0.4 is 4.90 Å². The predicted octanol–water partition coefficient (Wildman–Crippen LogP) is 3.48. The van der Waals surface area contributed by atoms with Crippen molar-refractivity contribution in [2.24, 2.45) is 7.05 Å². The lowest BCUT2D eigenvalue weighted by Crippen LogP contribution is -2.47. The Balaban J connectivity index is 1.46. The maximum Gasteiger partial charge on any atom is 0.146 e. The number of nitrogens with zero attached hydrogens (tertiary/aromatic N) is 3. The van der Waals surface area contributed by atoms with E-state index in [1.807, 2.05) is 31.3 Å². The largest absolute Gasteiger partial charge is 0.387 e. The summed E-state index contributed by atoms with van der Waals surface area (Å²) < 4.78 is 16.1. The molecule has 2 aromatic carbocycles. The van der Waals surface area contributed by atoms with Crippen molar-refractivity contribution < 1.29 is 9.50 Å². The van der Waals surface area contributed by atoms with E-state index in [9.17, 15) is 9.50 Å². The van der Waals surface area contributed by atoms with Gasteiger partial charge in [-0.05, 0) is 25.1 Å². The van der Waals surface area contributed by atoms with Crippen molar-refractivity contribution in [2.45, 2.75) is 13.0 Å². The number of benzene rings is 2. The zero-order valence-electron chi connectivity index (χ0n) is 15.9. The third-order valence-corrected chi connectivity index (χ3v) is 5.78. The van der Waals surface area contributed by atoms with Crippen LogP contribution >= 0.6 is 0 Å². The quantitative estimate of drug-likeness (QED) is 0.766. The second-order valence-corrected chi connectivity index (χ2v) is 7.33. The summed E-state index contributed by atoms with van der Waals surface area (Å²) in [6.07, 6.45) is -0.531. The van der Waals surface area contributed by atoms with Gasteiger partial charge in [-0.25, -0.2) is 4.39 Å². The maximum atomic E-state index is 14.0. The van der Waals surface area contributed by atoms with Gasteiger partial charge in [0.1, 0.15) is 5.82 Å². The van der Waals surface area contributed by atoms with Crippen LogP contribution in [0.2, 0.25) is 0 Å². The van der Waals surface area contributed by atoms with Gasteiger partial charge in [-0.3, -0.25) is 4.90 Å². The first kappa shape index (κ1) is 18.0. The molecule has 0 unspecified atom stereocenters. The van der Waals surface area contributed by atoms with Crippen molar-refractivity contribution in [1.29, 1.82) is 0 Å². The van der Waals surface area contributed by atoms with Gasteiger partial charge in [0, 0.05) is 61.9 Å². The topological polar surface area (TPSA) is 31.6 Å². The number of anilines is 1.